The number of hydrogen-bond acceptors (Lipinski definition) is 3. The van der Waals surface area contributed by atoms with E-state index in [0.29, 0.717) is 17.9 Å². The number of aldehydes is 1. The summed E-state index contributed by atoms with van der Waals surface area (Å²) in [5.74, 6) is 0.372. The van der Waals surface area contributed by atoms with Gasteiger partial charge in [-0.15, -0.1) is 0 Å². The molecule has 1 aromatic carbocycles. The summed E-state index contributed by atoms with van der Waals surface area (Å²) in [5.41, 5.74) is 0.531. The lowest BCUT2D eigenvalue weighted by Gasteiger charge is -2.14. The van der Waals surface area contributed by atoms with Gasteiger partial charge in [0.2, 0.25) is 0 Å². The molecule has 1 unspecified atom stereocenters. The van der Waals surface area contributed by atoms with E-state index in [1.165, 1.54) is 0 Å². The molecule has 17 heavy (non-hydrogen) atoms. The van der Waals surface area contributed by atoms with E-state index in [9.17, 15) is 9.59 Å². The minimum absolute atomic E-state index is 0.150. The van der Waals surface area contributed by atoms with Gasteiger partial charge in [-0.2, -0.15) is 0 Å². The first kappa shape index (κ1) is 13.2. The maximum absolute atomic E-state index is 11.6. The lowest BCUT2D eigenvalue weighted by atomic mass is 10.2. The van der Waals surface area contributed by atoms with Crippen LogP contribution in [0, 0.1) is 0 Å². The standard InChI is InChI=1S/C13H17NO3/c1-3-7-14-13(16)10(2)17-12-6-4-5-11(8-12)9-15/h4-6,8-10H,3,7H2,1-2H3,(H,14,16). The Bertz CT molecular complexity index is 390. The van der Waals surface area contributed by atoms with Gasteiger partial charge in [-0.1, -0.05) is 19.1 Å². The predicted molar refractivity (Wildman–Crippen MR) is 65.2 cm³/mol. The van der Waals surface area contributed by atoms with E-state index >= 15 is 0 Å². The summed E-state index contributed by atoms with van der Waals surface area (Å²) in [5, 5.41) is 2.75. The topological polar surface area (TPSA) is 55.4 Å². The molecule has 0 fully saturated rings. The minimum atomic E-state index is -0.566. The van der Waals surface area contributed by atoms with Crippen LogP contribution in [-0.4, -0.2) is 24.8 Å². The molecule has 4 nitrogen and oxygen atoms in total. The quantitative estimate of drug-likeness (QED) is 0.765. The number of hydrogen-bond donors (Lipinski definition) is 1. The van der Waals surface area contributed by atoms with Gasteiger partial charge in [-0.25, -0.2) is 0 Å². The van der Waals surface area contributed by atoms with Crippen LogP contribution < -0.4 is 10.1 Å². The molecule has 0 aliphatic carbocycles. The number of carbonyl (C=O) groups is 2. The van der Waals surface area contributed by atoms with Crippen LogP contribution in [0.25, 0.3) is 0 Å². The molecule has 1 atom stereocenters. The van der Waals surface area contributed by atoms with E-state index in [-0.39, 0.29) is 5.91 Å². The number of nitrogens with one attached hydrogen (secondary N) is 1. The molecule has 0 saturated heterocycles. The summed E-state index contributed by atoms with van der Waals surface area (Å²) >= 11 is 0. The Kier molecular flexibility index (Phi) is 5.20. The van der Waals surface area contributed by atoms with Crippen molar-refractivity contribution in [2.75, 3.05) is 6.54 Å². The van der Waals surface area contributed by atoms with Crippen LogP contribution >= 0.6 is 0 Å². The first-order valence-electron chi connectivity index (χ1n) is 5.67. The Labute approximate surface area is 101 Å². The zero-order chi connectivity index (χ0) is 12.7. The summed E-state index contributed by atoms with van der Waals surface area (Å²) < 4.78 is 5.44. The number of ether oxygens (including phenoxy) is 1. The summed E-state index contributed by atoms with van der Waals surface area (Å²) in [4.78, 5) is 22.1. The molecule has 0 saturated carbocycles. The highest BCUT2D eigenvalue weighted by Crippen LogP contribution is 2.13. The lowest BCUT2D eigenvalue weighted by molar-refractivity contribution is -0.127. The van der Waals surface area contributed by atoms with Gasteiger partial charge in [-0.3, -0.25) is 9.59 Å². The fraction of sp³-hybridized carbons (Fsp3) is 0.385. The van der Waals surface area contributed by atoms with E-state index in [1.807, 2.05) is 6.92 Å². The highest BCUT2D eigenvalue weighted by Gasteiger charge is 2.13. The third-order valence-corrected chi connectivity index (χ3v) is 2.23. The zero-order valence-electron chi connectivity index (χ0n) is 10.1. The van der Waals surface area contributed by atoms with E-state index in [1.54, 1.807) is 31.2 Å². The lowest BCUT2D eigenvalue weighted by Crippen LogP contribution is -2.36. The fourth-order valence-corrected chi connectivity index (χ4v) is 1.31. The highest BCUT2D eigenvalue weighted by molar-refractivity contribution is 5.80. The van der Waals surface area contributed by atoms with E-state index < -0.39 is 6.10 Å². The Morgan fingerprint density at radius 1 is 1.53 bits per heavy atom. The molecule has 0 heterocycles. The number of carbonyl (C=O) groups excluding carboxylic acids is 2. The van der Waals surface area contributed by atoms with Crippen molar-refractivity contribution in [3.8, 4) is 5.75 Å². The number of amides is 1. The summed E-state index contributed by atoms with van der Waals surface area (Å²) in [6, 6.07) is 6.73. The van der Waals surface area contributed by atoms with Gasteiger partial charge in [0.05, 0.1) is 0 Å². The maximum atomic E-state index is 11.6. The molecule has 0 radical (unpaired) electrons. The van der Waals surface area contributed by atoms with Gasteiger partial charge in [0, 0.05) is 12.1 Å². The highest BCUT2D eigenvalue weighted by atomic mass is 16.5. The van der Waals surface area contributed by atoms with Gasteiger partial charge in [0.1, 0.15) is 12.0 Å². The van der Waals surface area contributed by atoms with Crippen molar-refractivity contribution < 1.29 is 14.3 Å². The van der Waals surface area contributed by atoms with Gasteiger partial charge in [0.25, 0.3) is 5.91 Å². The molecule has 0 spiro atoms. The van der Waals surface area contributed by atoms with Crippen molar-refractivity contribution in [1.29, 1.82) is 0 Å². The fourth-order valence-electron chi connectivity index (χ4n) is 1.31. The van der Waals surface area contributed by atoms with Crippen molar-refractivity contribution in [3.63, 3.8) is 0 Å². The molecule has 1 aromatic rings. The van der Waals surface area contributed by atoms with Gasteiger partial charge < -0.3 is 10.1 Å². The molecular weight excluding hydrogens is 218 g/mol. The zero-order valence-corrected chi connectivity index (χ0v) is 10.1. The molecule has 92 valence electrons. The molecule has 0 aliphatic rings. The Balaban J connectivity index is 2.57. The van der Waals surface area contributed by atoms with E-state index in [0.717, 1.165) is 12.7 Å². The first-order chi connectivity index (χ1) is 8.17. The van der Waals surface area contributed by atoms with E-state index in [2.05, 4.69) is 5.32 Å². The Morgan fingerprint density at radius 2 is 2.29 bits per heavy atom. The molecule has 1 N–H and O–H groups in total. The van der Waals surface area contributed by atoms with Crippen molar-refractivity contribution in [2.45, 2.75) is 26.4 Å². The average molecular weight is 235 g/mol. The van der Waals surface area contributed by atoms with Crippen LogP contribution in [-0.2, 0) is 4.79 Å². The van der Waals surface area contributed by atoms with Crippen molar-refractivity contribution >= 4 is 12.2 Å². The maximum Gasteiger partial charge on any atom is 0.260 e. The average Bonchev–Trinajstić information content (AvgIpc) is 2.36. The van der Waals surface area contributed by atoms with Crippen LogP contribution in [0.3, 0.4) is 0 Å². The van der Waals surface area contributed by atoms with Crippen molar-refractivity contribution in [2.24, 2.45) is 0 Å². The second kappa shape index (κ2) is 6.68. The molecule has 4 heteroatoms. The van der Waals surface area contributed by atoms with Crippen molar-refractivity contribution in [3.05, 3.63) is 29.8 Å². The predicted octanol–water partition coefficient (Wildman–Crippen LogP) is 1.79. The van der Waals surface area contributed by atoms with Crippen LogP contribution in [0.4, 0.5) is 0 Å². The summed E-state index contributed by atoms with van der Waals surface area (Å²) in [6.07, 6.45) is 1.07. The third kappa shape index (κ3) is 4.26. The second-order valence-electron chi connectivity index (χ2n) is 3.74. The third-order valence-electron chi connectivity index (χ3n) is 2.23. The molecular formula is C13H17NO3. The summed E-state index contributed by atoms with van der Waals surface area (Å²) in [6.45, 7) is 4.30. The minimum Gasteiger partial charge on any atom is -0.481 e. The number of benzene rings is 1. The normalized spacial score (nSPS) is 11.6. The smallest absolute Gasteiger partial charge is 0.260 e. The summed E-state index contributed by atoms with van der Waals surface area (Å²) in [7, 11) is 0. The van der Waals surface area contributed by atoms with Crippen LogP contribution in [0.1, 0.15) is 30.6 Å². The van der Waals surface area contributed by atoms with Crippen LogP contribution in [0.15, 0.2) is 24.3 Å². The molecule has 0 aliphatic heterocycles. The van der Waals surface area contributed by atoms with Crippen LogP contribution in [0.5, 0.6) is 5.75 Å². The molecule has 1 amide bonds. The first-order valence-corrected chi connectivity index (χ1v) is 5.67. The monoisotopic (exact) mass is 235 g/mol. The molecule has 0 aromatic heterocycles. The number of rotatable bonds is 6. The van der Waals surface area contributed by atoms with Crippen molar-refractivity contribution in [1.82, 2.24) is 5.32 Å². The second-order valence-corrected chi connectivity index (χ2v) is 3.74. The molecule has 0 bridgehead atoms. The largest absolute Gasteiger partial charge is 0.481 e. The Hall–Kier alpha value is -1.84. The molecule has 1 rings (SSSR count). The van der Waals surface area contributed by atoms with E-state index in [4.69, 9.17) is 4.74 Å². The van der Waals surface area contributed by atoms with Gasteiger partial charge in [-0.05, 0) is 25.5 Å². The Morgan fingerprint density at radius 3 is 2.94 bits per heavy atom. The van der Waals surface area contributed by atoms with Gasteiger partial charge in [0.15, 0.2) is 6.10 Å². The van der Waals surface area contributed by atoms with Gasteiger partial charge >= 0.3 is 0 Å². The van der Waals surface area contributed by atoms with Crippen LogP contribution in [0.2, 0.25) is 0 Å². The SMILES string of the molecule is CCCNC(=O)C(C)Oc1cccc(C=O)c1.